The largest absolute Gasteiger partial charge is 0.459 e. The molecule has 1 aromatic heterocycles. The zero-order valence-corrected chi connectivity index (χ0v) is 15.8. The highest BCUT2D eigenvalue weighted by atomic mass is 16.3. The summed E-state index contributed by atoms with van der Waals surface area (Å²) in [5.41, 5.74) is 2.79. The van der Waals surface area contributed by atoms with E-state index in [1.807, 2.05) is 49.4 Å². The molecule has 0 aliphatic carbocycles. The highest BCUT2D eigenvalue weighted by molar-refractivity contribution is 5.94. The number of likely N-dealkylation sites (tertiary alicyclic amines) is 1. The van der Waals surface area contributed by atoms with Crippen LogP contribution in [0.3, 0.4) is 0 Å². The number of hydrogen-bond acceptors (Lipinski definition) is 3. The van der Waals surface area contributed by atoms with E-state index in [-0.39, 0.29) is 11.9 Å². The fourth-order valence-electron chi connectivity index (χ4n) is 3.70. The summed E-state index contributed by atoms with van der Waals surface area (Å²) in [7, 11) is 0. The van der Waals surface area contributed by atoms with E-state index in [1.54, 1.807) is 0 Å². The van der Waals surface area contributed by atoms with Crippen LogP contribution in [0, 0.1) is 0 Å². The fraction of sp³-hybridized carbons (Fsp3) is 0.348. The average Bonchev–Trinajstić information content (AvgIpc) is 3.14. The summed E-state index contributed by atoms with van der Waals surface area (Å²) in [4.78, 5) is 15.1. The maximum Gasteiger partial charge on any atom is 0.251 e. The second kappa shape index (κ2) is 7.97. The van der Waals surface area contributed by atoms with Crippen LogP contribution < -0.4 is 5.32 Å². The predicted octanol–water partition coefficient (Wildman–Crippen LogP) is 4.91. The molecule has 0 unspecified atom stereocenters. The summed E-state index contributed by atoms with van der Waals surface area (Å²) in [5.74, 6) is 0.693. The molecule has 1 amide bonds. The van der Waals surface area contributed by atoms with Crippen molar-refractivity contribution in [3.63, 3.8) is 0 Å². The Morgan fingerprint density at radius 3 is 2.56 bits per heavy atom. The van der Waals surface area contributed by atoms with Crippen LogP contribution in [-0.4, -0.2) is 23.9 Å². The molecular weight excluding hydrogens is 336 g/mol. The highest BCUT2D eigenvalue weighted by Crippen LogP contribution is 2.24. The molecule has 4 rings (SSSR count). The Morgan fingerprint density at radius 2 is 1.81 bits per heavy atom. The second-order valence-corrected chi connectivity index (χ2v) is 7.42. The van der Waals surface area contributed by atoms with Crippen molar-refractivity contribution in [2.45, 2.75) is 38.8 Å². The number of carbonyl (C=O) groups excluding carboxylic acids is 1. The molecule has 1 aliphatic heterocycles. The molecule has 4 heteroatoms. The Hall–Kier alpha value is -2.59. The molecule has 1 atom stereocenters. The molecule has 1 aliphatic rings. The molecule has 1 fully saturated rings. The minimum atomic E-state index is -0.182. The quantitative estimate of drug-likeness (QED) is 0.701. The molecule has 3 aromatic rings. The van der Waals surface area contributed by atoms with E-state index in [2.05, 4.69) is 22.3 Å². The zero-order chi connectivity index (χ0) is 18.6. The molecule has 2 aromatic carbocycles. The van der Waals surface area contributed by atoms with Gasteiger partial charge < -0.3 is 9.73 Å². The number of fused-ring (bicyclic) bond motifs is 1. The van der Waals surface area contributed by atoms with Gasteiger partial charge in [-0.3, -0.25) is 9.69 Å². The summed E-state index contributed by atoms with van der Waals surface area (Å²) in [6.07, 6.45) is 3.93. The van der Waals surface area contributed by atoms with Gasteiger partial charge in [0.25, 0.3) is 5.91 Å². The van der Waals surface area contributed by atoms with Gasteiger partial charge in [-0.05, 0) is 62.7 Å². The third kappa shape index (κ3) is 4.22. The minimum Gasteiger partial charge on any atom is -0.459 e. The van der Waals surface area contributed by atoms with Crippen LogP contribution in [0.2, 0.25) is 0 Å². The lowest BCUT2D eigenvalue weighted by Gasteiger charge is -2.26. The smallest absolute Gasteiger partial charge is 0.251 e. The first-order valence-corrected chi connectivity index (χ1v) is 9.80. The molecule has 1 saturated heterocycles. The van der Waals surface area contributed by atoms with Gasteiger partial charge in [-0.25, -0.2) is 0 Å². The van der Waals surface area contributed by atoms with Crippen molar-refractivity contribution in [1.29, 1.82) is 0 Å². The number of nitrogens with one attached hydrogen (secondary N) is 1. The molecule has 0 saturated carbocycles. The van der Waals surface area contributed by atoms with Gasteiger partial charge in [-0.15, -0.1) is 0 Å². The number of rotatable bonds is 5. The van der Waals surface area contributed by atoms with Gasteiger partial charge in [0.1, 0.15) is 11.3 Å². The summed E-state index contributed by atoms with van der Waals surface area (Å²) < 4.78 is 5.85. The van der Waals surface area contributed by atoms with Crippen LogP contribution in [0.5, 0.6) is 0 Å². The number of carbonyl (C=O) groups is 1. The molecular formula is C23H26N2O2. The maximum absolute atomic E-state index is 12.6. The number of nitrogens with zero attached hydrogens (tertiary/aromatic N) is 1. The van der Waals surface area contributed by atoms with E-state index in [0.29, 0.717) is 5.56 Å². The molecule has 0 radical (unpaired) electrons. The van der Waals surface area contributed by atoms with Crippen LogP contribution in [0.4, 0.5) is 0 Å². The molecule has 2 heterocycles. The Bertz CT molecular complexity index is 875. The first kappa shape index (κ1) is 17.8. The van der Waals surface area contributed by atoms with E-state index in [0.717, 1.165) is 23.3 Å². The summed E-state index contributed by atoms with van der Waals surface area (Å²) >= 11 is 0. The van der Waals surface area contributed by atoms with E-state index in [9.17, 15) is 4.79 Å². The van der Waals surface area contributed by atoms with Crippen molar-refractivity contribution in [2.75, 3.05) is 13.1 Å². The van der Waals surface area contributed by atoms with Crippen LogP contribution >= 0.6 is 0 Å². The Kier molecular flexibility index (Phi) is 5.26. The first-order chi connectivity index (χ1) is 13.2. The molecule has 0 bridgehead atoms. The fourth-order valence-corrected chi connectivity index (χ4v) is 3.70. The first-order valence-electron chi connectivity index (χ1n) is 9.80. The number of para-hydroxylation sites is 1. The van der Waals surface area contributed by atoms with Crippen molar-refractivity contribution in [1.82, 2.24) is 10.2 Å². The molecule has 4 nitrogen and oxygen atoms in total. The Balaban J connectivity index is 1.38. The van der Waals surface area contributed by atoms with E-state index < -0.39 is 0 Å². The van der Waals surface area contributed by atoms with Crippen molar-refractivity contribution in [3.8, 4) is 0 Å². The van der Waals surface area contributed by atoms with Gasteiger partial charge in [0.2, 0.25) is 0 Å². The van der Waals surface area contributed by atoms with Crippen molar-refractivity contribution in [2.24, 2.45) is 0 Å². The third-order valence-corrected chi connectivity index (χ3v) is 5.29. The number of piperidine rings is 1. The maximum atomic E-state index is 12.6. The lowest BCUT2D eigenvalue weighted by Crippen LogP contribution is -2.29. The average molecular weight is 362 g/mol. The number of benzene rings is 2. The topological polar surface area (TPSA) is 45.5 Å². The van der Waals surface area contributed by atoms with Crippen molar-refractivity contribution < 1.29 is 9.21 Å². The van der Waals surface area contributed by atoms with Gasteiger partial charge >= 0.3 is 0 Å². The lowest BCUT2D eigenvalue weighted by molar-refractivity contribution is 0.0935. The molecule has 27 heavy (non-hydrogen) atoms. The van der Waals surface area contributed by atoms with E-state index in [1.165, 1.54) is 37.9 Å². The minimum absolute atomic E-state index is 0.0764. The zero-order valence-electron chi connectivity index (χ0n) is 15.8. The monoisotopic (exact) mass is 362 g/mol. The van der Waals surface area contributed by atoms with Gasteiger partial charge in [0, 0.05) is 17.5 Å². The normalized spacial score (nSPS) is 16.3. The van der Waals surface area contributed by atoms with Crippen LogP contribution in [-0.2, 0) is 6.54 Å². The van der Waals surface area contributed by atoms with E-state index >= 15 is 0 Å². The second-order valence-electron chi connectivity index (χ2n) is 7.42. The predicted molar refractivity (Wildman–Crippen MR) is 108 cm³/mol. The molecule has 140 valence electrons. The summed E-state index contributed by atoms with van der Waals surface area (Å²) in [5, 5.41) is 4.08. The van der Waals surface area contributed by atoms with Gasteiger partial charge in [0.15, 0.2) is 0 Å². The van der Waals surface area contributed by atoms with Gasteiger partial charge in [-0.2, -0.15) is 0 Å². The standard InChI is InChI=1S/C23H26N2O2/c1-17(22-15-20-7-3-4-8-21(20)27-22)24-23(26)19-11-9-18(10-12-19)16-25-13-5-2-6-14-25/h3-4,7-12,15,17H,2,5-6,13-14,16H2,1H3,(H,24,26)/t17-/m1/s1. The van der Waals surface area contributed by atoms with Crippen LogP contribution in [0.1, 0.15) is 53.9 Å². The number of hydrogen-bond donors (Lipinski definition) is 1. The summed E-state index contributed by atoms with van der Waals surface area (Å²) in [6.45, 7) is 5.27. The SMILES string of the molecule is C[C@@H](NC(=O)c1ccc(CN2CCCCC2)cc1)c1cc2ccccc2o1. The van der Waals surface area contributed by atoms with Crippen molar-refractivity contribution >= 4 is 16.9 Å². The lowest BCUT2D eigenvalue weighted by atomic mass is 10.1. The number of furan rings is 1. The molecule has 1 N–H and O–H groups in total. The Labute approximate surface area is 160 Å². The van der Waals surface area contributed by atoms with Crippen LogP contribution in [0.25, 0.3) is 11.0 Å². The highest BCUT2D eigenvalue weighted by Gasteiger charge is 2.16. The summed E-state index contributed by atoms with van der Waals surface area (Å²) in [6, 6.07) is 17.7. The van der Waals surface area contributed by atoms with Crippen molar-refractivity contribution in [3.05, 3.63) is 71.5 Å². The van der Waals surface area contributed by atoms with Gasteiger partial charge in [-0.1, -0.05) is 36.8 Å². The third-order valence-electron chi connectivity index (χ3n) is 5.29. The molecule has 0 spiro atoms. The van der Waals surface area contributed by atoms with Gasteiger partial charge in [0.05, 0.1) is 6.04 Å². The van der Waals surface area contributed by atoms with E-state index in [4.69, 9.17) is 4.42 Å². The Morgan fingerprint density at radius 1 is 1.07 bits per heavy atom. The number of amides is 1. The van der Waals surface area contributed by atoms with Crippen LogP contribution in [0.15, 0.2) is 59.0 Å².